The Bertz CT molecular complexity index is 840. The standard InChI is InChI=1S/C19H20N4O/c1-3-14-9-7-8-12-16(14)20-19(24)21-18-13-17(23(2)22-18)15-10-5-4-6-11-15/h4-13H,3H2,1-2H3,(H2,20,21,22,24). The summed E-state index contributed by atoms with van der Waals surface area (Å²) in [6.07, 6.45) is 0.859. The van der Waals surface area contributed by atoms with Crippen LogP contribution in [0.1, 0.15) is 12.5 Å². The van der Waals surface area contributed by atoms with Crippen LogP contribution in [-0.2, 0) is 13.5 Å². The average molecular weight is 320 g/mol. The van der Waals surface area contributed by atoms with Gasteiger partial charge in [-0.05, 0) is 23.6 Å². The summed E-state index contributed by atoms with van der Waals surface area (Å²) in [6, 6.07) is 19.3. The average Bonchev–Trinajstić information content (AvgIpc) is 2.96. The topological polar surface area (TPSA) is 59.0 Å². The van der Waals surface area contributed by atoms with Gasteiger partial charge in [-0.2, -0.15) is 5.10 Å². The van der Waals surface area contributed by atoms with E-state index in [1.807, 2.05) is 67.7 Å². The van der Waals surface area contributed by atoms with Gasteiger partial charge in [-0.3, -0.25) is 10.00 Å². The summed E-state index contributed by atoms with van der Waals surface area (Å²) in [5, 5.41) is 10.0. The second-order valence-electron chi connectivity index (χ2n) is 5.49. The Morgan fingerprint density at radius 1 is 1.04 bits per heavy atom. The van der Waals surface area contributed by atoms with E-state index in [-0.39, 0.29) is 6.03 Å². The van der Waals surface area contributed by atoms with E-state index in [0.717, 1.165) is 28.9 Å². The number of para-hydroxylation sites is 1. The minimum absolute atomic E-state index is 0.298. The summed E-state index contributed by atoms with van der Waals surface area (Å²) in [5.41, 5.74) is 3.91. The van der Waals surface area contributed by atoms with Crippen LogP contribution in [0.15, 0.2) is 60.7 Å². The molecule has 0 saturated carbocycles. The Hall–Kier alpha value is -3.08. The van der Waals surface area contributed by atoms with E-state index in [1.165, 1.54) is 0 Å². The van der Waals surface area contributed by atoms with Gasteiger partial charge in [0.25, 0.3) is 0 Å². The Labute approximate surface area is 141 Å². The van der Waals surface area contributed by atoms with Crippen molar-refractivity contribution >= 4 is 17.5 Å². The number of carbonyl (C=O) groups excluding carboxylic acids is 1. The number of carbonyl (C=O) groups is 1. The normalized spacial score (nSPS) is 10.4. The highest BCUT2D eigenvalue weighted by atomic mass is 16.2. The van der Waals surface area contributed by atoms with Gasteiger partial charge < -0.3 is 5.32 Å². The fraction of sp³-hybridized carbons (Fsp3) is 0.158. The quantitative estimate of drug-likeness (QED) is 0.753. The van der Waals surface area contributed by atoms with E-state index in [1.54, 1.807) is 4.68 Å². The molecule has 5 nitrogen and oxygen atoms in total. The first-order chi connectivity index (χ1) is 11.7. The lowest BCUT2D eigenvalue weighted by Gasteiger charge is -2.09. The minimum atomic E-state index is -0.298. The highest BCUT2D eigenvalue weighted by Crippen LogP contribution is 2.22. The summed E-state index contributed by atoms with van der Waals surface area (Å²) in [5.74, 6) is 0.517. The molecule has 0 aliphatic rings. The molecule has 2 amide bonds. The number of hydrogen-bond donors (Lipinski definition) is 2. The van der Waals surface area contributed by atoms with E-state index < -0.39 is 0 Å². The number of rotatable bonds is 4. The number of aromatic nitrogens is 2. The zero-order chi connectivity index (χ0) is 16.9. The van der Waals surface area contributed by atoms with Gasteiger partial charge >= 0.3 is 6.03 Å². The van der Waals surface area contributed by atoms with Crippen LogP contribution in [0.3, 0.4) is 0 Å². The molecule has 0 atom stereocenters. The van der Waals surface area contributed by atoms with Crippen molar-refractivity contribution in [1.82, 2.24) is 9.78 Å². The molecule has 5 heteroatoms. The third-order valence-electron chi connectivity index (χ3n) is 3.84. The summed E-state index contributed by atoms with van der Waals surface area (Å²) >= 11 is 0. The fourth-order valence-corrected chi connectivity index (χ4v) is 2.63. The SMILES string of the molecule is CCc1ccccc1NC(=O)Nc1cc(-c2ccccc2)n(C)n1. The van der Waals surface area contributed by atoms with Crippen LogP contribution < -0.4 is 10.6 Å². The Morgan fingerprint density at radius 3 is 2.50 bits per heavy atom. The van der Waals surface area contributed by atoms with Crippen LogP contribution in [0.4, 0.5) is 16.3 Å². The number of urea groups is 1. The summed E-state index contributed by atoms with van der Waals surface area (Å²) < 4.78 is 1.75. The monoisotopic (exact) mass is 320 g/mol. The van der Waals surface area contributed by atoms with Crippen molar-refractivity contribution in [2.75, 3.05) is 10.6 Å². The van der Waals surface area contributed by atoms with Crippen LogP contribution in [0, 0.1) is 0 Å². The highest BCUT2D eigenvalue weighted by molar-refractivity contribution is 5.99. The molecule has 0 spiro atoms. The lowest BCUT2D eigenvalue weighted by atomic mass is 10.1. The number of amides is 2. The predicted molar refractivity (Wildman–Crippen MR) is 97.1 cm³/mol. The van der Waals surface area contributed by atoms with Gasteiger partial charge in [-0.25, -0.2) is 4.79 Å². The second kappa shape index (κ2) is 7.00. The first kappa shape index (κ1) is 15.8. The first-order valence-corrected chi connectivity index (χ1v) is 7.92. The molecule has 0 aliphatic heterocycles. The molecule has 3 rings (SSSR count). The molecule has 0 bridgehead atoms. The van der Waals surface area contributed by atoms with Gasteiger partial charge in [0.05, 0.1) is 5.69 Å². The molecule has 2 aromatic carbocycles. The summed E-state index contributed by atoms with van der Waals surface area (Å²) in [6.45, 7) is 2.06. The van der Waals surface area contributed by atoms with Crippen molar-refractivity contribution in [2.45, 2.75) is 13.3 Å². The fourth-order valence-electron chi connectivity index (χ4n) is 2.63. The van der Waals surface area contributed by atoms with Crippen molar-refractivity contribution in [3.63, 3.8) is 0 Å². The number of hydrogen-bond acceptors (Lipinski definition) is 2. The van der Waals surface area contributed by atoms with E-state index in [2.05, 4.69) is 22.7 Å². The van der Waals surface area contributed by atoms with E-state index in [0.29, 0.717) is 5.82 Å². The number of nitrogens with zero attached hydrogens (tertiary/aromatic N) is 2. The van der Waals surface area contributed by atoms with Crippen LogP contribution in [0.5, 0.6) is 0 Å². The van der Waals surface area contributed by atoms with Crippen molar-refractivity contribution in [3.8, 4) is 11.3 Å². The molecule has 24 heavy (non-hydrogen) atoms. The molecule has 0 unspecified atom stereocenters. The van der Waals surface area contributed by atoms with Gasteiger partial charge in [-0.15, -0.1) is 0 Å². The number of anilines is 2. The van der Waals surface area contributed by atoms with Crippen molar-refractivity contribution in [2.24, 2.45) is 7.05 Å². The van der Waals surface area contributed by atoms with E-state index >= 15 is 0 Å². The number of nitrogens with one attached hydrogen (secondary N) is 2. The molecular formula is C19H20N4O. The molecule has 1 heterocycles. The number of benzene rings is 2. The Balaban J connectivity index is 1.74. The van der Waals surface area contributed by atoms with Gasteiger partial charge in [0.15, 0.2) is 5.82 Å². The maximum absolute atomic E-state index is 12.2. The Kier molecular flexibility index (Phi) is 4.61. The smallest absolute Gasteiger partial charge is 0.307 e. The van der Waals surface area contributed by atoms with Crippen LogP contribution in [0.2, 0.25) is 0 Å². The van der Waals surface area contributed by atoms with Crippen LogP contribution in [-0.4, -0.2) is 15.8 Å². The van der Waals surface area contributed by atoms with E-state index in [4.69, 9.17) is 0 Å². The largest absolute Gasteiger partial charge is 0.324 e. The van der Waals surface area contributed by atoms with E-state index in [9.17, 15) is 4.79 Å². The molecule has 0 aliphatic carbocycles. The third kappa shape index (κ3) is 3.46. The lowest BCUT2D eigenvalue weighted by Crippen LogP contribution is -2.20. The van der Waals surface area contributed by atoms with Crippen molar-refractivity contribution in [1.29, 1.82) is 0 Å². The van der Waals surface area contributed by atoms with Crippen LogP contribution >= 0.6 is 0 Å². The molecule has 1 aromatic heterocycles. The highest BCUT2D eigenvalue weighted by Gasteiger charge is 2.11. The molecule has 0 fully saturated rings. The predicted octanol–water partition coefficient (Wildman–Crippen LogP) is 4.29. The van der Waals surface area contributed by atoms with Gasteiger partial charge in [0, 0.05) is 18.8 Å². The maximum atomic E-state index is 12.2. The van der Waals surface area contributed by atoms with Gasteiger partial charge in [0.1, 0.15) is 0 Å². The molecule has 2 N–H and O–H groups in total. The second-order valence-corrected chi connectivity index (χ2v) is 5.49. The molecule has 0 saturated heterocycles. The Morgan fingerprint density at radius 2 is 1.75 bits per heavy atom. The number of aryl methyl sites for hydroxylation is 2. The molecule has 122 valence electrons. The van der Waals surface area contributed by atoms with Gasteiger partial charge in [0.2, 0.25) is 0 Å². The molecule has 3 aromatic rings. The zero-order valence-corrected chi connectivity index (χ0v) is 13.8. The van der Waals surface area contributed by atoms with Crippen molar-refractivity contribution < 1.29 is 4.79 Å². The molecular weight excluding hydrogens is 300 g/mol. The van der Waals surface area contributed by atoms with Crippen molar-refractivity contribution in [3.05, 3.63) is 66.2 Å². The summed E-state index contributed by atoms with van der Waals surface area (Å²) in [4.78, 5) is 12.2. The lowest BCUT2D eigenvalue weighted by molar-refractivity contribution is 0.262. The first-order valence-electron chi connectivity index (χ1n) is 7.92. The van der Waals surface area contributed by atoms with Crippen LogP contribution in [0.25, 0.3) is 11.3 Å². The zero-order valence-electron chi connectivity index (χ0n) is 13.8. The minimum Gasteiger partial charge on any atom is -0.307 e. The third-order valence-corrected chi connectivity index (χ3v) is 3.84. The molecule has 0 radical (unpaired) electrons. The summed E-state index contributed by atoms with van der Waals surface area (Å²) in [7, 11) is 1.86. The maximum Gasteiger partial charge on any atom is 0.324 e. The van der Waals surface area contributed by atoms with Gasteiger partial charge in [-0.1, -0.05) is 55.5 Å².